The molecule has 0 aliphatic carbocycles. The minimum atomic E-state index is 0.0267. The number of ether oxygens (including phenoxy) is 4. The van der Waals surface area contributed by atoms with E-state index < -0.39 is 0 Å². The van der Waals surface area contributed by atoms with Crippen LogP contribution in [0.15, 0.2) is 72.8 Å². The van der Waals surface area contributed by atoms with Gasteiger partial charge in [0.15, 0.2) is 0 Å². The summed E-state index contributed by atoms with van der Waals surface area (Å²) in [6, 6.07) is 24.4. The van der Waals surface area contributed by atoms with Crippen molar-refractivity contribution in [3.05, 3.63) is 89.5 Å². The second-order valence-electron chi connectivity index (χ2n) is 8.26. The van der Waals surface area contributed by atoms with Gasteiger partial charge in [0.1, 0.15) is 30.0 Å². The Morgan fingerprint density at radius 3 is 1.38 bits per heavy atom. The van der Waals surface area contributed by atoms with E-state index in [4.69, 9.17) is 29.2 Å². The second kappa shape index (κ2) is 12.4. The highest BCUT2D eigenvalue weighted by atomic mass is 16.6. The number of hydrogen-bond acceptors (Lipinski definition) is 6. The van der Waals surface area contributed by atoms with E-state index in [0.29, 0.717) is 32.7 Å². The lowest BCUT2D eigenvalue weighted by atomic mass is 9.85. The zero-order chi connectivity index (χ0) is 23.6. The topological polar surface area (TPSA) is 80.7 Å². The molecule has 6 nitrogen and oxygen atoms in total. The molecule has 4 rings (SSSR count). The Labute approximate surface area is 200 Å². The van der Waals surface area contributed by atoms with E-state index in [2.05, 4.69) is 36.4 Å². The molecule has 0 aromatic heterocycles. The SMILES string of the molecule is OCCCOc1ccc(C(c2ccc(OCCCO)cc2)c2ccc(OCC3CO3)cc2)cc1. The maximum Gasteiger partial charge on any atom is 0.119 e. The normalized spacial score (nSPS) is 14.7. The van der Waals surface area contributed by atoms with Crippen molar-refractivity contribution in [3.8, 4) is 17.2 Å². The van der Waals surface area contributed by atoms with Gasteiger partial charge in [0, 0.05) is 32.0 Å². The van der Waals surface area contributed by atoms with Crippen LogP contribution in [0.5, 0.6) is 17.2 Å². The summed E-state index contributed by atoms with van der Waals surface area (Å²) in [4.78, 5) is 0. The Kier molecular flexibility index (Phi) is 8.79. The van der Waals surface area contributed by atoms with E-state index in [-0.39, 0.29) is 25.2 Å². The summed E-state index contributed by atoms with van der Waals surface area (Å²) >= 11 is 0. The zero-order valence-corrected chi connectivity index (χ0v) is 19.3. The number of aliphatic hydroxyl groups is 2. The van der Waals surface area contributed by atoms with Crippen molar-refractivity contribution < 1.29 is 29.2 Å². The molecule has 0 spiro atoms. The molecule has 0 radical (unpaired) electrons. The Bertz CT molecular complexity index is 927. The molecule has 180 valence electrons. The maximum absolute atomic E-state index is 8.96. The van der Waals surface area contributed by atoms with Crippen LogP contribution in [0.1, 0.15) is 35.4 Å². The first-order valence-corrected chi connectivity index (χ1v) is 11.8. The first-order chi connectivity index (χ1) is 16.8. The highest BCUT2D eigenvalue weighted by Gasteiger charge is 2.23. The number of aliphatic hydroxyl groups excluding tert-OH is 2. The molecule has 1 unspecified atom stereocenters. The molecule has 0 bridgehead atoms. The number of epoxide rings is 1. The Balaban J connectivity index is 1.54. The van der Waals surface area contributed by atoms with Crippen LogP contribution in [-0.2, 0) is 4.74 Å². The molecule has 1 atom stereocenters. The predicted octanol–water partition coefficient (Wildman–Crippen LogP) is 4.17. The predicted molar refractivity (Wildman–Crippen MR) is 130 cm³/mol. The monoisotopic (exact) mass is 464 g/mol. The van der Waals surface area contributed by atoms with E-state index in [1.54, 1.807) is 0 Å². The average molecular weight is 465 g/mol. The Hall–Kier alpha value is -3.06. The van der Waals surface area contributed by atoms with Crippen LogP contribution in [0.4, 0.5) is 0 Å². The first-order valence-electron chi connectivity index (χ1n) is 11.8. The van der Waals surface area contributed by atoms with Crippen LogP contribution >= 0.6 is 0 Å². The van der Waals surface area contributed by atoms with Crippen molar-refractivity contribution in [1.82, 2.24) is 0 Å². The lowest BCUT2D eigenvalue weighted by molar-refractivity contribution is 0.233. The van der Waals surface area contributed by atoms with Crippen molar-refractivity contribution in [3.63, 3.8) is 0 Å². The van der Waals surface area contributed by atoms with Gasteiger partial charge in [0.2, 0.25) is 0 Å². The van der Waals surface area contributed by atoms with Crippen LogP contribution in [0.3, 0.4) is 0 Å². The molecule has 3 aromatic carbocycles. The molecule has 3 aromatic rings. The van der Waals surface area contributed by atoms with Crippen molar-refractivity contribution in [2.45, 2.75) is 24.9 Å². The average Bonchev–Trinajstić information content (AvgIpc) is 3.71. The molecule has 0 amide bonds. The molecule has 6 heteroatoms. The van der Waals surface area contributed by atoms with E-state index in [9.17, 15) is 0 Å². The minimum absolute atomic E-state index is 0.0267. The van der Waals surface area contributed by atoms with Crippen LogP contribution in [0, 0.1) is 0 Å². The van der Waals surface area contributed by atoms with Gasteiger partial charge in [-0.3, -0.25) is 0 Å². The quantitative estimate of drug-likeness (QED) is 0.212. The summed E-state index contributed by atoms with van der Waals surface area (Å²) < 4.78 is 22.4. The van der Waals surface area contributed by atoms with Gasteiger partial charge in [-0.25, -0.2) is 0 Å². The fraction of sp³-hybridized carbons (Fsp3) is 0.357. The summed E-state index contributed by atoms with van der Waals surface area (Å²) in [6.45, 7) is 2.58. The molecule has 34 heavy (non-hydrogen) atoms. The zero-order valence-electron chi connectivity index (χ0n) is 19.3. The van der Waals surface area contributed by atoms with Gasteiger partial charge >= 0.3 is 0 Å². The van der Waals surface area contributed by atoms with Gasteiger partial charge in [-0.05, 0) is 53.1 Å². The fourth-order valence-electron chi connectivity index (χ4n) is 3.71. The van der Waals surface area contributed by atoms with Crippen LogP contribution in [-0.4, -0.2) is 56.0 Å². The molecule has 2 N–H and O–H groups in total. The second-order valence-corrected chi connectivity index (χ2v) is 8.26. The maximum atomic E-state index is 8.96. The van der Waals surface area contributed by atoms with Crippen molar-refractivity contribution in [2.75, 3.05) is 39.6 Å². The third-order valence-corrected chi connectivity index (χ3v) is 5.62. The first kappa shape index (κ1) is 24.1. The van der Waals surface area contributed by atoms with Crippen LogP contribution in [0.2, 0.25) is 0 Å². The summed E-state index contributed by atoms with van der Waals surface area (Å²) in [5.41, 5.74) is 3.44. The van der Waals surface area contributed by atoms with Gasteiger partial charge in [-0.1, -0.05) is 36.4 Å². The molecular weight excluding hydrogens is 432 g/mol. The standard InChI is InChI=1S/C28H32O6/c29-15-1-17-31-24-9-3-21(4-10-24)28(22-5-11-25(12-6-22)32-18-2-16-30)23-7-13-26(14-8-23)33-19-27-20-34-27/h3-14,27-30H,1-2,15-20H2. The minimum Gasteiger partial charge on any atom is -0.494 e. The van der Waals surface area contributed by atoms with Crippen molar-refractivity contribution in [1.29, 1.82) is 0 Å². The van der Waals surface area contributed by atoms with Gasteiger partial charge in [-0.2, -0.15) is 0 Å². The van der Waals surface area contributed by atoms with Crippen molar-refractivity contribution >= 4 is 0 Å². The number of hydrogen-bond donors (Lipinski definition) is 2. The third-order valence-electron chi connectivity index (χ3n) is 5.62. The van der Waals surface area contributed by atoms with Crippen molar-refractivity contribution in [2.24, 2.45) is 0 Å². The molecular formula is C28H32O6. The van der Waals surface area contributed by atoms with E-state index in [1.165, 1.54) is 0 Å². The Morgan fingerprint density at radius 2 is 1.03 bits per heavy atom. The lowest BCUT2D eigenvalue weighted by Crippen LogP contribution is -2.06. The molecule has 1 aliphatic rings. The molecule has 0 saturated carbocycles. The van der Waals surface area contributed by atoms with Gasteiger partial charge in [0.25, 0.3) is 0 Å². The molecule has 1 saturated heterocycles. The molecule has 1 fully saturated rings. The lowest BCUT2D eigenvalue weighted by Gasteiger charge is -2.20. The highest BCUT2D eigenvalue weighted by Crippen LogP contribution is 2.34. The summed E-state index contributed by atoms with van der Waals surface area (Å²) in [7, 11) is 0. The van der Waals surface area contributed by atoms with Gasteiger partial charge in [0.05, 0.1) is 19.8 Å². The number of benzene rings is 3. The van der Waals surface area contributed by atoms with E-state index in [0.717, 1.165) is 40.5 Å². The summed E-state index contributed by atoms with van der Waals surface area (Å²) in [5.74, 6) is 2.43. The van der Waals surface area contributed by atoms with Gasteiger partial charge < -0.3 is 29.2 Å². The van der Waals surface area contributed by atoms with Crippen LogP contribution < -0.4 is 14.2 Å². The van der Waals surface area contributed by atoms with Crippen LogP contribution in [0.25, 0.3) is 0 Å². The molecule has 1 aliphatic heterocycles. The van der Waals surface area contributed by atoms with E-state index >= 15 is 0 Å². The van der Waals surface area contributed by atoms with Gasteiger partial charge in [-0.15, -0.1) is 0 Å². The van der Waals surface area contributed by atoms with E-state index in [1.807, 2.05) is 36.4 Å². The number of rotatable bonds is 14. The molecule has 1 heterocycles. The summed E-state index contributed by atoms with van der Waals surface area (Å²) in [5, 5.41) is 17.9. The third kappa shape index (κ3) is 6.97. The highest BCUT2D eigenvalue weighted by molar-refractivity contribution is 5.46. The largest absolute Gasteiger partial charge is 0.494 e. The fourth-order valence-corrected chi connectivity index (χ4v) is 3.71. The smallest absolute Gasteiger partial charge is 0.119 e. The Morgan fingerprint density at radius 1 is 0.647 bits per heavy atom. The summed E-state index contributed by atoms with van der Waals surface area (Å²) in [6.07, 6.45) is 1.44.